The van der Waals surface area contributed by atoms with Crippen molar-refractivity contribution >= 4 is 22.9 Å². The van der Waals surface area contributed by atoms with E-state index in [1.54, 1.807) is 11.3 Å². The summed E-state index contributed by atoms with van der Waals surface area (Å²) in [5, 5.41) is 3.76. The highest BCUT2D eigenvalue weighted by molar-refractivity contribution is 7.16. The van der Waals surface area contributed by atoms with Crippen LogP contribution in [0.5, 0.6) is 0 Å². The molecule has 2 rings (SSSR count). The highest BCUT2D eigenvalue weighted by Crippen LogP contribution is 2.32. The second kappa shape index (κ2) is 6.40. The lowest BCUT2D eigenvalue weighted by Crippen LogP contribution is -2.35. The van der Waals surface area contributed by atoms with Crippen LogP contribution >= 0.6 is 22.9 Å². The molecule has 1 N–H and O–H groups in total. The van der Waals surface area contributed by atoms with Gasteiger partial charge in [-0.15, -0.1) is 11.3 Å². The van der Waals surface area contributed by atoms with Gasteiger partial charge in [-0.2, -0.15) is 0 Å². The first-order valence-electron chi connectivity index (χ1n) is 7.07. The van der Waals surface area contributed by atoms with Gasteiger partial charge < -0.3 is 5.32 Å². The zero-order valence-electron chi connectivity index (χ0n) is 11.6. The van der Waals surface area contributed by atoms with E-state index in [-0.39, 0.29) is 0 Å². The Hall–Kier alpha value is -0.0500. The fraction of sp³-hybridized carbons (Fsp3) is 0.733. The van der Waals surface area contributed by atoms with Crippen LogP contribution < -0.4 is 5.32 Å². The number of halogens is 1. The Kier molecular flexibility index (Phi) is 5.11. The molecule has 1 aliphatic carbocycles. The smallest absolute Gasteiger partial charge is 0.0931 e. The van der Waals surface area contributed by atoms with Gasteiger partial charge in [-0.1, -0.05) is 25.4 Å². The first kappa shape index (κ1) is 14.4. The zero-order chi connectivity index (χ0) is 13.1. The minimum Gasteiger partial charge on any atom is -0.307 e. The van der Waals surface area contributed by atoms with Gasteiger partial charge in [-0.3, -0.25) is 0 Å². The predicted molar refractivity (Wildman–Crippen MR) is 81.5 cm³/mol. The Labute approximate surface area is 120 Å². The molecule has 1 fully saturated rings. The van der Waals surface area contributed by atoms with Crippen LogP contribution in [0.4, 0.5) is 0 Å². The first-order valence-corrected chi connectivity index (χ1v) is 8.27. The predicted octanol–water partition coefficient (Wildman–Crippen LogP) is 5.27. The quantitative estimate of drug-likeness (QED) is 0.795. The van der Waals surface area contributed by atoms with Crippen molar-refractivity contribution in [2.75, 3.05) is 0 Å². The Morgan fingerprint density at radius 3 is 2.33 bits per heavy atom. The van der Waals surface area contributed by atoms with E-state index in [4.69, 9.17) is 11.6 Å². The summed E-state index contributed by atoms with van der Waals surface area (Å²) < 4.78 is 0.891. The van der Waals surface area contributed by atoms with Crippen LogP contribution in [0.1, 0.15) is 57.4 Å². The van der Waals surface area contributed by atoms with Gasteiger partial charge in [0.1, 0.15) is 0 Å². The normalized spacial score (nSPS) is 26.5. The molecule has 0 saturated heterocycles. The molecule has 1 aromatic heterocycles. The molecule has 102 valence electrons. The van der Waals surface area contributed by atoms with Crippen molar-refractivity contribution in [1.29, 1.82) is 0 Å². The van der Waals surface area contributed by atoms with Crippen LogP contribution in [-0.2, 0) is 0 Å². The highest BCUT2D eigenvalue weighted by atomic mass is 35.5. The molecule has 1 aliphatic rings. The Balaban J connectivity index is 1.81. The summed E-state index contributed by atoms with van der Waals surface area (Å²) in [7, 11) is 0. The molecule has 0 aromatic carbocycles. The Morgan fingerprint density at radius 2 is 1.83 bits per heavy atom. The second-order valence-corrected chi connectivity index (χ2v) is 7.63. The van der Waals surface area contributed by atoms with Crippen molar-refractivity contribution in [3.63, 3.8) is 0 Å². The van der Waals surface area contributed by atoms with Crippen molar-refractivity contribution in [1.82, 2.24) is 5.32 Å². The van der Waals surface area contributed by atoms with E-state index in [1.165, 1.54) is 30.6 Å². The van der Waals surface area contributed by atoms with Crippen molar-refractivity contribution in [2.45, 2.75) is 58.5 Å². The molecule has 1 heterocycles. The summed E-state index contributed by atoms with van der Waals surface area (Å²) in [5.41, 5.74) is 0. The first-order chi connectivity index (χ1) is 8.56. The van der Waals surface area contributed by atoms with Crippen LogP contribution in [0.2, 0.25) is 4.34 Å². The number of thiophene rings is 1. The van der Waals surface area contributed by atoms with E-state index in [0.717, 1.165) is 16.2 Å². The molecule has 0 bridgehead atoms. The molecule has 1 saturated carbocycles. The highest BCUT2D eigenvalue weighted by Gasteiger charge is 2.24. The topological polar surface area (TPSA) is 12.0 Å². The second-order valence-electron chi connectivity index (χ2n) is 5.89. The molecule has 3 heteroatoms. The van der Waals surface area contributed by atoms with Gasteiger partial charge >= 0.3 is 0 Å². The maximum absolute atomic E-state index is 5.99. The molecular weight excluding hydrogens is 262 g/mol. The van der Waals surface area contributed by atoms with E-state index >= 15 is 0 Å². The molecule has 1 nitrogen and oxygen atoms in total. The number of nitrogens with one attached hydrogen (secondary N) is 1. The average Bonchev–Trinajstić information content (AvgIpc) is 2.76. The van der Waals surface area contributed by atoms with Crippen molar-refractivity contribution < 1.29 is 0 Å². The summed E-state index contributed by atoms with van der Waals surface area (Å²) >= 11 is 7.68. The molecule has 1 atom stereocenters. The van der Waals surface area contributed by atoms with Gasteiger partial charge in [-0.25, -0.2) is 0 Å². The maximum Gasteiger partial charge on any atom is 0.0931 e. The average molecular weight is 286 g/mol. The monoisotopic (exact) mass is 285 g/mol. The number of rotatable bonds is 4. The van der Waals surface area contributed by atoms with Crippen LogP contribution in [0, 0.1) is 11.8 Å². The Morgan fingerprint density at radius 1 is 1.17 bits per heavy atom. The van der Waals surface area contributed by atoms with Gasteiger partial charge in [0.05, 0.1) is 4.34 Å². The lowest BCUT2D eigenvalue weighted by Gasteiger charge is -2.32. The van der Waals surface area contributed by atoms with Crippen molar-refractivity contribution in [3.8, 4) is 0 Å². The van der Waals surface area contributed by atoms with Gasteiger partial charge in [0.2, 0.25) is 0 Å². The van der Waals surface area contributed by atoms with Crippen LogP contribution in [-0.4, -0.2) is 6.04 Å². The number of hydrogen-bond donors (Lipinski definition) is 1. The third-order valence-corrected chi connectivity index (χ3v) is 5.63. The SMILES string of the molecule is CC(NC1CCC(C(C)C)CC1)c1ccc(Cl)s1. The minimum absolute atomic E-state index is 0.433. The molecule has 1 aromatic rings. The molecule has 1 unspecified atom stereocenters. The van der Waals surface area contributed by atoms with Crippen LogP contribution in [0.15, 0.2) is 12.1 Å². The number of hydrogen-bond acceptors (Lipinski definition) is 2. The zero-order valence-corrected chi connectivity index (χ0v) is 13.2. The standard InChI is InChI=1S/C15H24ClNS/c1-10(2)12-4-6-13(7-5-12)17-11(3)14-8-9-15(16)18-14/h8-13,17H,4-7H2,1-3H3. The summed E-state index contributed by atoms with van der Waals surface area (Å²) in [6.45, 7) is 6.96. The van der Waals surface area contributed by atoms with E-state index in [1.807, 2.05) is 6.07 Å². The van der Waals surface area contributed by atoms with Gasteiger partial charge in [0.25, 0.3) is 0 Å². The van der Waals surface area contributed by atoms with Gasteiger partial charge in [0.15, 0.2) is 0 Å². The summed E-state index contributed by atoms with van der Waals surface area (Å²) in [5.74, 6) is 1.79. The maximum atomic E-state index is 5.99. The van der Waals surface area contributed by atoms with Gasteiger partial charge in [-0.05, 0) is 56.6 Å². The summed E-state index contributed by atoms with van der Waals surface area (Å²) in [6, 6.07) is 5.26. The van der Waals surface area contributed by atoms with E-state index in [9.17, 15) is 0 Å². The molecule has 18 heavy (non-hydrogen) atoms. The lowest BCUT2D eigenvalue weighted by atomic mass is 9.79. The Bertz CT molecular complexity index is 366. The van der Waals surface area contributed by atoms with Crippen LogP contribution in [0.3, 0.4) is 0 Å². The molecule has 0 radical (unpaired) electrons. The minimum atomic E-state index is 0.433. The van der Waals surface area contributed by atoms with E-state index in [0.29, 0.717) is 12.1 Å². The summed E-state index contributed by atoms with van der Waals surface area (Å²) in [6.07, 6.45) is 5.42. The van der Waals surface area contributed by atoms with Crippen LogP contribution in [0.25, 0.3) is 0 Å². The molecular formula is C15H24ClNS. The molecule has 0 spiro atoms. The fourth-order valence-electron chi connectivity index (χ4n) is 2.95. The lowest BCUT2D eigenvalue weighted by molar-refractivity contribution is 0.231. The largest absolute Gasteiger partial charge is 0.307 e. The molecule has 0 amide bonds. The van der Waals surface area contributed by atoms with E-state index in [2.05, 4.69) is 32.2 Å². The third-order valence-electron chi connectivity index (χ3n) is 4.22. The molecule has 0 aliphatic heterocycles. The van der Waals surface area contributed by atoms with Crippen molar-refractivity contribution in [2.24, 2.45) is 11.8 Å². The van der Waals surface area contributed by atoms with Gasteiger partial charge in [0, 0.05) is 17.0 Å². The third kappa shape index (κ3) is 3.72. The van der Waals surface area contributed by atoms with E-state index < -0.39 is 0 Å². The van der Waals surface area contributed by atoms with Crippen molar-refractivity contribution in [3.05, 3.63) is 21.3 Å². The fourth-order valence-corrected chi connectivity index (χ4v) is 4.02. The summed E-state index contributed by atoms with van der Waals surface area (Å²) in [4.78, 5) is 1.35.